The molecule has 0 fully saturated rings. The van der Waals surface area contributed by atoms with Crippen molar-refractivity contribution >= 4 is 70.0 Å². The summed E-state index contributed by atoms with van der Waals surface area (Å²) < 4.78 is 15.5. The van der Waals surface area contributed by atoms with Gasteiger partial charge in [-0.15, -0.1) is 0 Å². The summed E-state index contributed by atoms with van der Waals surface area (Å²) in [6.45, 7) is 0. The topological polar surface area (TPSA) is 20.3 Å². The highest BCUT2D eigenvalue weighted by Gasteiger charge is 2.27. The van der Waals surface area contributed by atoms with Gasteiger partial charge in [0.2, 0.25) is 0 Å². The Balaban J connectivity index is 2.29. The Morgan fingerprint density at radius 1 is 0.947 bits per heavy atom. The maximum Gasteiger partial charge on any atom is 0.0893 e. The Bertz CT molecular complexity index is 717. The van der Waals surface area contributed by atoms with Gasteiger partial charge in [-0.25, -0.2) is 4.21 Å². The van der Waals surface area contributed by atoms with Gasteiger partial charge in [-0.1, -0.05) is 15.9 Å². The summed E-state index contributed by atoms with van der Waals surface area (Å²) in [5.41, 5.74) is 1.94. The van der Waals surface area contributed by atoms with Gasteiger partial charge in [0.25, 0.3) is 0 Å². The van der Waals surface area contributed by atoms with Gasteiger partial charge in [0.1, 0.15) is 0 Å². The van der Waals surface area contributed by atoms with E-state index in [0.717, 1.165) is 34.6 Å². The predicted octanol–water partition coefficient (Wildman–Crippen LogP) is 5.22. The van der Waals surface area contributed by atoms with E-state index in [1.54, 1.807) is 0 Å². The Morgan fingerprint density at radius 2 is 1.58 bits per heavy atom. The van der Waals surface area contributed by atoms with Gasteiger partial charge in [-0.05, 0) is 62.2 Å². The minimum atomic E-state index is -1.16. The van der Waals surface area contributed by atoms with E-state index in [9.17, 15) is 4.21 Å². The second-order valence-electron chi connectivity index (χ2n) is 4.17. The molecule has 0 aliphatic carbocycles. The Hall–Kier alpha value is -0.170. The number of rotatable bonds is 0. The van der Waals surface area contributed by atoms with E-state index in [1.165, 1.54) is 0 Å². The molecule has 1 aliphatic heterocycles. The second-order valence-corrected chi connectivity index (χ2v) is 8.22. The van der Waals surface area contributed by atoms with Crippen LogP contribution < -0.4 is 4.90 Å². The largest absolute Gasteiger partial charge is 0.343 e. The van der Waals surface area contributed by atoms with Crippen molar-refractivity contribution in [2.24, 2.45) is 0 Å². The molecule has 1 heterocycles. The van der Waals surface area contributed by atoms with Crippen molar-refractivity contribution < 1.29 is 4.21 Å². The first-order valence-electron chi connectivity index (χ1n) is 5.43. The Labute approximate surface area is 139 Å². The Kier molecular flexibility index (Phi) is 3.62. The summed E-state index contributed by atoms with van der Waals surface area (Å²) in [5, 5.41) is 0. The van der Waals surface area contributed by atoms with Crippen molar-refractivity contribution in [1.82, 2.24) is 0 Å². The van der Waals surface area contributed by atoms with E-state index >= 15 is 0 Å². The summed E-state index contributed by atoms with van der Waals surface area (Å²) in [6.07, 6.45) is 0. The second kappa shape index (κ2) is 4.98. The Morgan fingerprint density at radius 3 is 2.32 bits per heavy atom. The van der Waals surface area contributed by atoms with Gasteiger partial charge in [0, 0.05) is 20.5 Å². The lowest BCUT2D eigenvalue weighted by Gasteiger charge is -2.29. The standard InChI is InChI=1S/C13H8Br3NOS/c1-17-10-3-2-7(14)4-12(10)19(18)13-6-9(16)8(15)5-11(13)17/h2-6H,1H3. The molecule has 0 N–H and O–H groups in total. The third-order valence-corrected chi connectivity index (χ3v) is 6.84. The molecule has 3 rings (SSSR count). The molecule has 2 aromatic rings. The summed E-state index contributed by atoms with van der Waals surface area (Å²) >= 11 is 10.4. The van der Waals surface area contributed by atoms with Crippen LogP contribution in [0, 0.1) is 0 Å². The zero-order valence-electron chi connectivity index (χ0n) is 9.78. The van der Waals surface area contributed by atoms with Crippen LogP contribution in [0.4, 0.5) is 11.4 Å². The number of hydrogen-bond donors (Lipinski definition) is 0. The fourth-order valence-corrected chi connectivity index (χ4v) is 4.91. The molecule has 0 aromatic heterocycles. The van der Waals surface area contributed by atoms with E-state index in [2.05, 4.69) is 52.7 Å². The molecule has 0 spiro atoms. The number of anilines is 2. The molecule has 1 unspecified atom stereocenters. The minimum absolute atomic E-state index is 0.822. The zero-order valence-corrected chi connectivity index (χ0v) is 15.4. The van der Waals surface area contributed by atoms with E-state index in [-0.39, 0.29) is 0 Å². The number of halogens is 3. The SMILES string of the molecule is CN1c2ccc(Br)cc2S(=O)c2cc(Br)c(Br)cc21. The number of nitrogens with zero attached hydrogens (tertiary/aromatic N) is 1. The van der Waals surface area contributed by atoms with Gasteiger partial charge in [-0.2, -0.15) is 0 Å². The van der Waals surface area contributed by atoms with Gasteiger partial charge in [0.05, 0.1) is 32.0 Å². The van der Waals surface area contributed by atoms with E-state index < -0.39 is 10.8 Å². The van der Waals surface area contributed by atoms with Crippen molar-refractivity contribution in [2.75, 3.05) is 11.9 Å². The maximum absolute atomic E-state index is 12.7. The van der Waals surface area contributed by atoms with Crippen LogP contribution in [0.2, 0.25) is 0 Å². The molecular weight excluding hydrogens is 458 g/mol. The first-order chi connectivity index (χ1) is 8.99. The fourth-order valence-electron chi connectivity index (χ4n) is 2.09. The van der Waals surface area contributed by atoms with Crippen LogP contribution in [0.15, 0.2) is 53.5 Å². The minimum Gasteiger partial charge on any atom is -0.343 e. The van der Waals surface area contributed by atoms with Crippen molar-refractivity contribution in [3.05, 3.63) is 43.7 Å². The molecule has 0 bridgehead atoms. The van der Waals surface area contributed by atoms with Crippen LogP contribution in [0.25, 0.3) is 0 Å². The van der Waals surface area contributed by atoms with Crippen LogP contribution in [-0.2, 0) is 10.8 Å². The molecule has 98 valence electrons. The molecular formula is C13H8Br3NOS. The van der Waals surface area contributed by atoms with Gasteiger partial charge in [0.15, 0.2) is 0 Å². The highest BCUT2D eigenvalue weighted by molar-refractivity contribution is 9.13. The molecule has 0 saturated heterocycles. The molecule has 2 aromatic carbocycles. The molecule has 0 saturated carbocycles. The third-order valence-electron chi connectivity index (χ3n) is 3.05. The van der Waals surface area contributed by atoms with Gasteiger partial charge < -0.3 is 4.90 Å². The lowest BCUT2D eigenvalue weighted by Crippen LogP contribution is -2.19. The average Bonchev–Trinajstić information content (AvgIpc) is 2.38. The molecule has 1 aliphatic rings. The number of fused-ring (bicyclic) bond motifs is 2. The zero-order chi connectivity index (χ0) is 13.7. The molecule has 6 heteroatoms. The van der Waals surface area contributed by atoms with Crippen LogP contribution in [-0.4, -0.2) is 11.3 Å². The van der Waals surface area contributed by atoms with Crippen LogP contribution >= 0.6 is 47.8 Å². The smallest absolute Gasteiger partial charge is 0.0893 e. The van der Waals surface area contributed by atoms with Crippen LogP contribution in [0.1, 0.15) is 0 Å². The molecule has 0 amide bonds. The summed E-state index contributed by atoms with van der Waals surface area (Å²) in [4.78, 5) is 3.72. The van der Waals surface area contributed by atoms with E-state index in [4.69, 9.17) is 0 Å². The van der Waals surface area contributed by atoms with Crippen molar-refractivity contribution in [2.45, 2.75) is 9.79 Å². The van der Waals surface area contributed by atoms with Gasteiger partial charge in [-0.3, -0.25) is 0 Å². The first-order valence-corrected chi connectivity index (χ1v) is 8.96. The van der Waals surface area contributed by atoms with Crippen molar-refractivity contribution in [1.29, 1.82) is 0 Å². The predicted molar refractivity (Wildman–Crippen MR) is 88.7 cm³/mol. The monoisotopic (exact) mass is 463 g/mol. The van der Waals surface area contributed by atoms with Crippen LogP contribution in [0.3, 0.4) is 0 Å². The summed E-state index contributed by atoms with van der Waals surface area (Å²) in [6, 6.07) is 9.76. The van der Waals surface area contributed by atoms with Crippen molar-refractivity contribution in [3.63, 3.8) is 0 Å². The first kappa shape index (κ1) is 13.8. The molecule has 0 radical (unpaired) electrons. The quantitative estimate of drug-likeness (QED) is 0.531. The fraction of sp³-hybridized carbons (Fsp3) is 0.0769. The van der Waals surface area contributed by atoms with E-state index in [1.807, 2.05) is 37.4 Å². The maximum atomic E-state index is 12.7. The summed E-state index contributed by atoms with van der Waals surface area (Å²) in [5.74, 6) is 0. The highest BCUT2D eigenvalue weighted by atomic mass is 79.9. The van der Waals surface area contributed by atoms with Crippen molar-refractivity contribution in [3.8, 4) is 0 Å². The highest BCUT2D eigenvalue weighted by Crippen LogP contribution is 2.44. The normalized spacial score (nSPS) is 17.1. The number of hydrogen-bond acceptors (Lipinski definition) is 2. The van der Waals surface area contributed by atoms with Crippen LogP contribution in [0.5, 0.6) is 0 Å². The molecule has 1 atom stereocenters. The van der Waals surface area contributed by atoms with E-state index in [0.29, 0.717) is 0 Å². The molecule has 2 nitrogen and oxygen atoms in total. The third kappa shape index (κ3) is 2.22. The van der Waals surface area contributed by atoms with Gasteiger partial charge >= 0.3 is 0 Å². The lowest BCUT2D eigenvalue weighted by molar-refractivity contribution is 0.681. The summed E-state index contributed by atoms with van der Waals surface area (Å²) in [7, 11) is 0.826. The molecule has 19 heavy (non-hydrogen) atoms. The lowest BCUT2D eigenvalue weighted by atomic mass is 10.2. The number of benzene rings is 2. The average molecular weight is 466 g/mol.